The number of alkyl carbamates (subject to hydrolysis) is 1. The highest BCUT2D eigenvalue weighted by Gasteiger charge is 2.31. The van der Waals surface area contributed by atoms with Crippen LogP contribution in [0.2, 0.25) is 0 Å². The lowest BCUT2D eigenvalue weighted by Gasteiger charge is -2.33. The Morgan fingerprint density at radius 1 is 0.829 bits per heavy atom. The van der Waals surface area contributed by atoms with Crippen LogP contribution in [0.15, 0.2) is 115 Å². The quantitative estimate of drug-likeness (QED) is 0.261. The van der Waals surface area contributed by atoms with Gasteiger partial charge in [-0.15, -0.1) is 0 Å². The van der Waals surface area contributed by atoms with Gasteiger partial charge in [0.15, 0.2) is 0 Å². The average Bonchev–Trinajstić information content (AvgIpc) is 3.31. The number of rotatable bonds is 6. The molecule has 2 amide bonds. The second kappa shape index (κ2) is 11.8. The molecule has 4 aromatic rings. The molecule has 1 heterocycles. The van der Waals surface area contributed by atoms with E-state index in [0.29, 0.717) is 18.5 Å². The van der Waals surface area contributed by atoms with Gasteiger partial charge in [0.05, 0.1) is 6.04 Å². The predicted molar refractivity (Wildman–Crippen MR) is 156 cm³/mol. The summed E-state index contributed by atoms with van der Waals surface area (Å²) in [6, 6.07) is 31.5. The van der Waals surface area contributed by atoms with E-state index in [9.17, 15) is 14.0 Å². The van der Waals surface area contributed by atoms with Crippen LogP contribution in [0.3, 0.4) is 0 Å². The van der Waals surface area contributed by atoms with Gasteiger partial charge in [-0.3, -0.25) is 4.79 Å². The van der Waals surface area contributed by atoms with E-state index < -0.39 is 18.2 Å². The summed E-state index contributed by atoms with van der Waals surface area (Å²) in [5, 5.41) is 2.91. The standard InChI is InChI=1S/C35H31FN2O3/c36-32-19-9-8-18-30(32)33-20-10-13-25(21-34(39)38(33)22-24-11-2-1-3-12-24)37-35(40)41-23-31-28-16-6-4-14-26(28)27-15-5-7-17-29(27)31/h1-12,14-20,25,31,33H,13,21-23H2,(H,37,40)/b20-10-/t25-,33+/m0/s1. The smallest absolute Gasteiger partial charge is 0.407 e. The zero-order valence-electron chi connectivity index (χ0n) is 22.6. The summed E-state index contributed by atoms with van der Waals surface area (Å²) in [7, 11) is 0. The van der Waals surface area contributed by atoms with Crippen LogP contribution < -0.4 is 5.32 Å². The minimum atomic E-state index is -0.557. The maximum atomic E-state index is 14.8. The van der Waals surface area contributed by atoms with Crippen LogP contribution in [-0.4, -0.2) is 29.5 Å². The van der Waals surface area contributed by atoms with E-state index in [2.05, 4.69) is 29.6 Å². The van der Waals surface area contributed by atoms with Gasteiger partial charge in [-0.05, 0) is 40.3 Å². The molecule has 0 bridgehead atoms. The molecule has 6 rings (SSSR count). The van der Waals surface area contributed by atoms with E-state index in [4.69, 9.17) is 4.74 Å². The number of carbonyl (C=O) groups excluding carboxylic acids is 2. The Morgan fingerprint density at radius 2 is 1.44 bits per heavy atom. The predicted octanol–water partition coefficient (Wildman–Crippen LogP) is 7.15. The first-order valence-corrected chi connectivity index (χ1v) is 13.9. The first kappa shape index (κ1) is 26.5. The molecule has 0 aromatic heterocycles. The molecule has 0 spiro atoms. The molecule has 1 aliphatic heterocycles. The summed E-state index contributed by atoms with van der Waals surface area (Å²) in [5.41, 5.74) is 5.99. The highest BCUT2D eigenvalue weighted by molar-refractivity contribution is 5.80. The van der Waals surface area contributed by atoms with Crippen LogP contribution in [0.4, 0.5) is 9.18 Å². The van der Waals surface area contributed by atoms with Crippen molar-refractivity contribution >= 4 is 12.0 Å². The number of amides is 2. The minimum Gasteiger partial charge on any atom is -0.449 e. The van der Waals surface area contributed by atoms with Crippen LogP contribution >= 0.6 is 0 Å². The number of halogens is 1. The number of fused-ring (bicyclic) bond motifs is 3. The molecular formula is C35H31FN2O3. The molecule has 0 fully saturated rings. The Balaban J connectivity index is 1.17. The Bertz CT molecular complexity index is 1540. The third-order valence-electron chi connectivity index (χ3n) is 7.90. The van der Waals surface area contributed by atoms with Crippen molar-refractivity contribution in [3.05, 3.63) is 143 Å². The first-order valence-electron chi connectivity index (χ1n) is 13.9. The maximum absolute atomic E-state index is 14.8. The van der Waals surface area contributed by atoms with Crippen LogP contribution in [0, 0.1) is 5.82 Å². The minimum absolute atomic E-state index is 0.0464. The van der Waals surface area contributed by atoms with Crippen molar-refractivity contribution in [3.63, 3.8) is 0 Å². The Kier molecular flexibility index (Phi) is 7.63. The summed E-state index contributed by atoms with van der Waals surface area (Å²) in [5.74, 6) is -0.577. The molecular weight excluding hydrogens is 515 g/mol. The number of hydrogen-bond acceptors (Lipinski definition) is 3. The molecule has 0 radical (unpaired) electrons. The fourth-order valence-corrected chi connectivity index (χ4v) is 5.91. The van der Waals surface area contributed by atoms with Gasteiger partial charge in [0.25, 0.3) is 0 Å². The number of ether oxygens (including phenoxy) is 1. The molecule has 2 atom stereocenters. The highest BCUT2D eigenvalue weighted by Crippen LogP contribution is 2.44. The van der Waals surface area contributed by atoms with Gasteiger partial charge >= 0.3 is 6.09 Å². The van der Waals surface area contributed by atoms with Gasteiger partial charge in [0, 0.05) is 30.5 Å². The zero-order valence-corrected chi connectivity index (χ0v) is 22.6. The Labute approximate surface area is 239 Å². The normalized spacial score (nSPS) is 19.0. The first-order chi connectivity index (χ1) is 20.1. The van der Waals surface area contributed by atoms with Crippen molar-refractivity contribution in [3.8, 4) is 11.1 Å². The molecule has 5 nitrogen and oxygen atoms in total. The monoisotopic (exact) mass is 546 g/mol. The maximum Gasteiger partial charge on any atom is 0.407 e. The zero-order chi connectivity index (χ0) is 28.2. The molecule has 0 saturated carbocycles. The van der Waals surface area contributed by atoms with E-state index in [1.807, 2.05) is 66.7 Å². The van der Waals surface area contributed by atoms with Crippen LogP contribution in [0.1, 0.15) is 47.1 Å². The summed E-state index contributed by atoms with van der Waals surface area (Å²) < 4.78 is 20.6. The van der Waals surface area contributed by atoms with Crippen molar-refractivity contribution in [2.75, 3.05) is 6.61 Å². The lowest BCUT2D eigenvalue weighted by molar-refractivity contribution is -0.134. The number of carbonyl (C=O) groups is 2. The molecule has 4 aromatic carbocycles. The summed E-state index contributed by atoms with van der Waals surface area (Å²) in [6.07, 6.45) is 3.71. The van der Waals surface area contributed by atoms with Crippen molar-refractivity contribution in [1.82, 2.24) is 10.2 Å². The number of nitrogens with one attached hydrogen (secondary N) is 1. The molecule has 206 valence electrons. The van der Waals surface area contributed by atoms with Crippen molar-refractivity contribution in [1.29, 1.82) is 0 Å². The Morgan fingerprint density at radius 3 is 2.12 bits per heavy atom. The van der Waals surface area contributed by atoms with Crippen LogP contribution in [0.5, 0.6) is 0 Å². The third-order valence-corrected chi connectivity index (χ3v) is 7.90. The van der Waals surface area contributed by atoms with E-state index in [-0.39, 0.29) is 30.7 Å². The SMILES string of the molecule is O=C(N[C@H]1C/C=C\[C@H](c2ccccc2F)N(Cc2ccccc2)C(=O)C1)OCC1c2ccccc2-c2ccccc21. The van der Waals surface area contributed by atoms with Crippen molar-refractivity contribution in [2.24, 2.45) is 0 Å². The van der Waals surface area contributed by atoms with Crippen LogP contribution in [-0.2, 0) is 16.1 Å². The molecule has 1 aliphatic carbocycles. The fourth-order valence-electron chi connectivity index (χ4n) is 5.91. The molecule has 41 heavy (non-hydrogen) atoms. The number of nitrogens with zero attached hydrogens (tertiary/aromatic N) is 1. The van der Waals surface area contributed by atoms with Gasteiger partial charge in [-0.25, -0.2) is 9.18 Å². The second-order valence-corrected chi connectivity index (χ2v) is 10.5. The molecule has 6 heteroatoms. The van der Waals surface area contributed by atoms with Crippen LogP contribution in [0.25, 0.3) is 11.1 Å². The number of hydrogen-bond donors (Lipinski definition) is 1. The summed E-state index contributed by atoms with van der Waals surface area (Å²) in [4.78, 5) is 28.3. The lowest BCUT2D eigenvalue weighted by Crippen LogP contribution is -2.43. The summed E-state index contributed by atoms with van der Waals surface area (Å²) >= 11 is 0. The van der Waals surface area contributed by atoms with Crippen molar-refractivity contribution < 1.29 is 18.7 Å². The Hall–Kier alpha value is -4.71. The second-order valence-electron chi connectivity index (χ2n) is 10.5. The molecule has 0 saturated heterocycles. The fraction of sp³-hybridized carbons (Fsp3) is 0.200. The van der Waals surface area contributed by atoms with Gasteiger partial charge in [-0.2, -0.15) is 0 Å². The third kappa shape index (κ3) is 5.64. The van der Waals surface area contributed by atoms with E-state index in [1.165, 1.54) is 6.07 Å². The van der Waals surface area contributed by atoms with Gasteiger partial charge in [0.2, 0.25) is 5.91 Å². The molecule has 0 unspecified atom stereocenters. The van der Waals surface area contributed by atoms with Gasteiger partial charge < -0.3 is 15.0 Å². The largest absolute Gasteiger partial charge is 0.449 e. The van der Waals surface area contributed by atoms with E-state index >= 15 is 0 Å². The van der Waals surface area contributed by atoms with Gasteiger partial charge in [-0.1, -0.05) is 109 Å². The highest BCUT2D eigenvalue weighted by atomic mass is 19.1. The lowest BCUT2D eigenvalue weighted by atomic mass is 9.97. The topological polar surface area (TPSA) is 58.6 Å². The van der Waals surface area contributed by atoms with Crippen molar-refractivity contribution in [2.45, 2.75) is 37.4 Å². The van der Waals surface area contributed by atoms with Gasteiger partial charge in [0.1, 0.15) is 12.4 Å². The summed E-state index contributed by atoms with van der Waals surface area (Å²) in [6.45, 7) is 0.520. The number of benzene rings is 4. The van der Waals surface area contributed by atoms with E-state index in [1.54, 1.807) is 23.1 Å². The molecule has 1 N–H and O–H groups in total. The average molecular weight is 547 g/mol. The molecule has 2 aliphatic rings. The van der Waals surface area contributed by atoms with E-state index in [0.717, 1.165) is 27.8 Å².